The van der Waals surface area contributed by atoms with Crippen LogP contribution in [-0.2, 0) is 6.54 Å². The summed E-state index contributed by atoms with van der Waals surface area (Å²) in [5.41, 5.74) is 0.882. The summed E-state index contributed by atoms with van der Waals surface area (Å²) in [5.74, 6) is 0.675. The largest absolute Gasteiger partial charge is 0.389 e. The normalized spacial score (nSPS) is 24.8. The summed E-state index contributed by atoms with van der Waals surface area (Å²) in [4.78, 5) is 2.40. The van der Waals surface area contributed by atoms with Crippen molar-refractivity contribution in [3.63, 3.8) is 0 Å². The summed E-state index contributed by atoms with van der Waals surface area (Å²) in [5, 5.41) is 10.7. The van der Waals surface area contributed by atoms with Crippen molar-refractivity contribution >= 4 is 0 Å². The summed E-state index contributed by atoms with van der Waals surface area (Å²) in [6.45, 7) is 7.36. The Morgan fingerprint density at radius 3 is 2.68 bits per heavy atom. The van der Waals surface area contributed by atoms with E-state index in [2.05, 4.69) is 49.1 Å². The molecular weight excluding hydrogens is 234 g/mol. The lowest BCUT2D eigenvalue weighted by molar-refractivity contribution is -0.0424. The van der Waals surface area contributed by atoms with Gasteiger partial charge in [0.25, 0.3) is 0 Å². The summed E-state index contributed by atoms with van der Waals surface area (Å²) in [7, 11) is 0. The first-order valence-corrected chi connectivity index (χ1v) is 7.56. The SMILES string of the molecule is CC(C)CCC1(O)CCCN(Cc2ccccc2)C1. The maximum atomic E-state index is 10.7. The number of likely N-dealkylation sites (tertiary alicyclic amines) is 1. The quantitative estimate of drug-likeness (QED) is 0.877. The maximum absolute atomic E-state index is 10.7. The third-order valence-electron chi connectivity index (χ3n) is 4.07. The molecule has 0 bridgehead atoms. The third-order valence-corrected chi connectivity index (χ3v) is 4.07. The van der Waals surface area contributed by atoms with Crippen LogP contribution in [0.15, 0.2) is 30.3 Å². The van der Waals surface area contributed by atoms with E-state index >= 15 is 0 Å². The average molecular weight is 261 g/mol. The molecule has 1 atom stereocenters. The van der Waals surface area contributed by atoms with Gasteiger partial charge in [-0.15, -0.1) is 0 Å². The van der Waals surface area contributed by atoms with E-state index in [1.54, 1.807) is 0 Å². The fourth-order valence-electron chi connectivity index (χ4n) is 2.94. The molecule has 0 amide bonds. The highest BCUT2D eigenvalue weighted by atomic mass is 16.3. The molecule has 1 aromatic carbocycles. The van der Waals surface area contributed by atoms with Gasteiger partial charge < -0.3 is 5.11 Å². The highest BCUT2D eigenvalue weighted by Gasteiger charge is 2.32. The second-order valence-electron chi connectivity index (χ2n) is 6.46. The Labute approximate surface area is 117 Å². The Kier molecular flexibility index (Phi) is 5.00. The Hall–Kier alpha value is -0.860. The molecule has 1 heterocycles. The van der Waals surface area contributed by atoms with Crippen molar-refractivity contribution in [2.45, 2.75) is 51.7 Å². The number of piperidine rings is 1. The lowest BCUT2D eigenvalue weighted by Gasteiger charge is -2.39. The summed E-state index contributed by atoms with van der Waals surface area (Å²) < 4.78 is 0. The second-order valence-corrected chi connectivity index (χ2v) is 6.46. The number of hydrogen-bond acceptors (Lipinski definition) is 2. The first-order valence-electron chi connectivity index (χ1n) is 7.56. The molecular formula is C17H27NO. The van der Waals surface area contributed by atoms with Crippen molar-refractivity contribution < 1.29 is 5.11 Å². The molecule has 1 unspecified atom stereocenters. The van der Waals surface area contributed by atoms with E-state index in [4.69, 9.17) is 0 Å². The van der Waals surface area contributed by atoms with Crippen LogP contribution >= 0.6 is 0 Å². The first kappa shape index (κ1) is 14.5. The van der Waals surface area contributed by atoms with Crippen molar-refractivity contribution in [3.05, 3.63) is 35.9 Å². The fraction of sp³-hybridized carbons (Fsp3) is 0.647. The summed E-state index contributed by atoms with van der Waals surface area (Å²) in [6.07, 6.45) is 4.14. The molecule has 1 N–H and O–H groups in total. The lowest BCUT2D eigenvalue weighted by Crippen LogP contribution is -2.47. The molecule has 0 radical (unpaired) electrons. The zero-order chi connectivity index (χ0) is 13.7. The second kappa shape index (κ2) is 6.53. The van der Waals surface area contributed by atoms with E-state index in [0.29, 0.717) is 5.92 Å². The smallest absolute Gasteiger partial charge is 0.0774 e. The van der Waals surface area contributed by atoms with Crippen molar-refractivity contribution in [1.29, 1.82) is 0 Å². The summed E-state index contributed by atoms with van der Waals surface area (Å²) in [6, 6.07) is 10.6. The Balaban J connectivity index is 1.89. The van der Waals surface area contributed by atoms with E-state index in [1.165, 1.54) is 5.56 Å². The number of nitrogens with zero attached hydrogens (tertiary/aromatic N) is 1. The van der Waals surface area contributed by atoms with Gasteiger partial charge in [0.2, 0.25) is 0 Å². The van der Waals surface area contributed by atoms with Gasteiger partial charge in [-0.05, 0) is 43.7 Å². The highest BCUT2D eigenvalue weighted by Crippen LogP contribution is 2.28. The van der Waals surface area contributed by atoms with Crippen LogP contribution in [0.1, 0.15) is 45.1 Å². The van der Waals surface area contributed by atoms with Gasteiger partial charge in [-0.2, -0.15) is 0 Å². The molecule has 0 saturated carbocycles. The van der Waals surface area contributed by atoms with Crippen molar-refractivity contribution in [2.24, 2.45) is 5.92 Å². The third kappa shape index (κ3) is 4.63. The molecule has 1 fully saturated rings. The zero-order valence-electron chi connectivity index (χ0n) is 12.3. The Morgan fingerprint density at radius 2 is 2.00 bits per heavy atom. The van der Waals surface area contributed by atoms with Gasteiger partial charge in [-0.1, -0.05) is 44.2 Å². The molecule has 1 aliphatic rings. The molecule has 0 spiro atoms. The summed E-state index contributed by atoms with van der Waals surface area (Å²) >= 11 is 0. The average Bonchev–Trinajstić information content (AvgIpc) is 2.38. The van der Waals surface area contributed by atoms with Crippen LogP contribution < -0.4 is 0 Å². The number of aliphatic hydroxyl groups is 1. The standard InChI is InChI=1S/C17H27NO/c1-15(2)9-11-17(19)10-6-12-18(14-17)13-16-7-4-3-5-8-16/h3-5,7-8,15,19H,6,9-14H2,1-2H3. The minimum Gasteiger partial charge on any atom is -0.389 e. The molecule has 1 aromatic rings. The van der Waals surface area contributed by atoms with Crippen LogP contribution in [0.25, 0.3) is 0 Å². The van der Waals surface area contributed by atoms with Crippen LogP contribution in [0.2, 0.25) is 0 Å². The molecule has 0 aromatic heterocycles. The number of benzene rings is 1. The fourth-order valence-corrected chi connectivity index (χ4v) is 2.94. The van der Waals surface area contributed by atoms with E-state index in [0.717, 1.165) is 45.3 Å². The molecule has 2 heteroatoms. The topological polar surface area (TPSA) is 23.5 Å². The van der Waals surface area contributed by atoms with Crippen molar-refractivity contribution in [2.75, 3.05) is 13.1 Å². The minimum absolute atomic E-state index is 0.461. The van der Waals surface area contributed by atoms with Crippen LogP contribution in [0, 0.1) is 5.92 Å². The molecule has 19 heavy (non-hydrogen) atoms. The Morgan fingerprint density at radius 1 is 1.26 bits per heavy atom. The maximum Gasteiger partial charge on any atom is 0.0774 e. The molecule has 106 valence electrons. The van der Waals surface area contributed by atoms with Crippen LogP contribution in [0.5, 0.6) is 0 Å². The molecule has 2 rings (SSSR count). The van der Waals surface area contributed by atoms with E-state index in [1.807, 2.05) is 0 Å². The van der Waals surface area contributed by atoms with Crippen molar-refractivity contribution in [1.82, 2.24) is 4.90 Å². The van der Waals surface area contributed by atoms with Gasteiger partial charge in [0.05, 0.1) is 5.60 Å². The van der Waals surface area contributed by atoms with Crippen LogP contribution in [0.3, 0.4) is 0 Å². The van der Waals surface area contributed by atoms with Gasteiger partial charge in [0.15, 0.2) is 0 Å². The van der Waals surface area contributed by atoms with E-state index in [-0.39, 0.29) is 0 Å². The predicted molar refractivity (Wildman–Crippen MR) is 80.0 cm³/mol. The first-order chi connectivity index (χ1) is 9.07. The van der Waals surface area contributed by atoms with Gasteiger partial charge >= 0.3 is 0 Å². The van der Waals surface area contributed by atoms with Gasteiger partial charge in [-0.3, -0.25) is 4.90 Å². The van der Waals surface area contributed by atoms with Crippen LogP contribution in [0.4, 0.5) is 0 Å². The van der Waals surface area contributed by atoms with Gasteiger partial charge in [0, 0.05) is 13.1 Å². The molecule has 1 saturated heterocycles. The van der Waals surface area contributed by atoms with Gasteiger partial charge in [0.1, 0.15) is 0 Å². The molecule has 2 nitrogen and oxygen atoms in total. The molecule has 0 aliphatic carbocycles. The Bertz CT molecular complexity index is 376. The predicted octanol–water partition coefficient (Wildman–Crippen LogP) is 3.45. The zero-order valence-corrected chi connectivity index (χ0v) is 12.3. The van der Waals surface area contributed by atoms with Gasteiger partial charge in [-0.25, -0.2) is 0 Å². The number of hydrogen-bond donors (Lipinski definition) is 1. The lowest BCUT2D eigenvalue weighted by atomic mass is 9.86. The van der Waals surface area contributed by atoms with Crippen LogP contribution in [-0.4, -0.2) is 28.7 Å². The number of β-amino-alcohol motifs (C(OH)–C–C–N with tert-alkyl or cyclic N) is 1. The van der Waals surface area contributed by atoms with E-state index < -0.39 is 5.60 Å². The monoisotopic (exact) mass is 261 g/mol. The highest BCUT2D eigenvalue weighted by molar-refractivity contribution is 5.14. The van der Waals surface area contributed by atoms with Crippen molar-refractivity contribution in [3.8, 4) is 0 Å². The number of rotatable bonds is 5. The molecule has 1 aliphatic heterocycles. The van der Waals surface area contributed by atoms with E-state index in [9.17, 15) is 5.11 Å². The minimum atomic E-state index is -0.461.